The Morgan fingerprint density at radius 1 is 1.44 bits per heavy atom. The number of aromatic nitrogens is 1. The van der Waals surface area contributed by atoms with Gasteiger partial charge in [-0.25, -0.2) is 4.98 Å². The molecule has 2 heterocycles. The summed E-state index contributed by atoms with van der Waals surface area (Å²) in [6.07, 6.45) is 2.90. The van der Waals surface area contributed by atoms with Crippen molar-refractivity contribution in [2.75, 3.05) is 13.1 Å². The van der Waals surface area contributed by atoms with E-state index in [-0.39, 0.29) is 5.91 Å². The molecule has 1 fully saturated rings. The van der Waals surface area contributed by atoms with Crippen molar-refractivity contribution in [3.8, 4) is 0 Å². The smallest absolute Gasteiger partial charge is 0.220 e. The van der Waals surface area contributed by atoms with Crippen LogP contribution in [0.3, 0.4) is 0 Å². The molecular formula is C13H21N3OS. The first-order chi connectivity index (χ1) is 8.65. The number of nitrogens with zero attached hydrogens (tertiary/aromatic N) is 1. The highest BCUT2D eigenvalue weighted by Crippen LogP contribution is 2.18. The molecule has 0 aliphatic carbocycles. The van der Waals surface area contributed by atoms with Crippen molar-refractivity contribution in [1.29, 1.82) is 0 Å². The monoisotopic (exact) mass is 267 g/mol. The lowest BCUT2D eigenvalue weighted by atomic mass is 9.94. The first kappa shape index (κ1) is 13.5. The molecule has 2 N–H and O–H groups in total. The molecule has 0 unspecified atom stereocenters. The average molecular weight is 267 g/mol. The molecule has 0 aromatic carbocycles. The number of carbonyl (C=O) groups excluding carboxylic acids is 1. The first-order valence-electron chi connectivity index (χ1n) is 6.55. The third-order valence-corrected chi connectivity index (χ3v) is 4.45. The molecule has 1 aliphatic rings. The molecule has 4 nitrogen and oxygen atoms in total. The fraction of sp³-hybridized carbons (Fsp3) is 0.692. The van der Waals surface area contributed by atoms with Crippen molar-refractivity contribution in [1.82, 2.24) is 15.6 Å². The van der Waals surface area contributed by atoms with Gasteiger partial charge in [0.1, 0.15) is 0 Å². The van der Waals surface area contributed by atoms with Gasteiger partial charge in [0.15, 0.2) is 0 Å². The Morgan fingerprint density at radius 3 is 2.78 bits per heavy atom. The van der Waals surface area contributed by atoms with E-state index in [2.05, 4.69) is 15.6 Å². The van der Waals surface area contributed by atoms with E-state index in [0.717, 1.165) is 36.6 Å². The molecule has 100 valence electrons. The summed E-state index contributed by atoms with van der Waals surface area (Å²) in [5.74, 6) is 0.725. The number of carbonyl (C=O) groups is 1. The van der Waals surface area contributed by atoms with Gasteiger partial charge in [0.05, 0.1) is 17.2 Å². The summed E-state index contributed by atoms with van der Waals surface area (Å²) in [7, 11) is 0. The molecule has 1 amide bonds. The third-order valence-electron chi connectivity index (χ3n) is 3.38. The van der Waals surface area contributed by atoms with Gasteiger partial charge in [0.2, 0.25) is 5.91 Å². The van der Waals surface area contributed by atoms with Crippen LogP contribution in [0, 0.1) is 19.8 Å². The van der Waals surface area contributed by atoms with Crippen molar-refractivity contribution in [3.63, 3.8) is 0 Å². The second-order valence-electron chi connectivity index (χ2n) is 4.92. The minimum Gasteiger partial charge on any atom is -0.351 e. The Labute approximate surface area is 112 Å². The molecule has 0 atom stereocenters. The van der Waals surface area contributed by atoms with Gasteiger partial charge in [-0.15, -0.1) is 11.3 Å². The van der Waals surface area contributed by atoms with E-state index in [9.17, 15) is 4.79 Å². The van der Waals surface area contributed by atoms with E-state index in [0.29, 0.717) is 18.9 Å². The van der Waals surface area contributed by atoms with Crippen LogP contribution < -0.4 is 10.6 Å². The van der Waals surface area contributed by atoms with E-state index < -0.39 is 0 Å². The fourth-order valence-corrected chi connectivity index (χ4v) is 3.21. The maximum absolute atomic E-state index is 11.9. The van der Waals surface area contributed by atoms with Gasteiger partial charge in [-0.05, 0) is 45.7 Å². The molecule has 0 radical (unpaired) electrons. The molecule has 1 aromatic rings. The van der Waals surface area contributed by atoms with Crippen LogP contribution >= 0.6 is 11.3 Å². The van der Waals surface area contributed by atoms with Crippen LogP contribution in [0.1, 0.15) is 34.8 Å². The van der Waals surface area contributed by atoms with Crippen molar-refractivity contribution >= 4 is 17.2 Å². The van der Waals surface area contributed by atoms with Gasteiger partial charge in [-0.1, -0.05) is 0 Å². The zero-order chi connectivity index (χ0) is 13.0. The largest absolute Gasteiger partial charge is 0.351 e. The van der Waals surface area contributed by atoms with Crippen molar-refractivity contribution in [2.45, 2.75) is 39.7 Å². The van der Waals surface area contributed by atoms with E-state index in [4.69, 9.17) is 0 Å². The van der Waals surface area contributed by atoms with Gasteiger partial charge in [-0.3, -0.25) is 4.79 Å². The predicted octanol–water partition coefficient (Wildman–Crippen LogP) is 1.77. The normalized spacial score (nSPS) is 16.8. The standard InChI is InChI=1S/C13H21N3OS/c1-9-12(18-10(2)16-9)8-15-13(17)7-11-3-5-14-6-4-11/h11,14H,3-8H2,1-2H3,(H,15,17). The number of nitrogens with one attached hydrogen (secondary N) is 2. The Morgan fingerprint density at radius 2 is 2.17 bits per heavy atom. The SMILES string of the molecule is Cc1nc(C)c(CNC(=O)CC2CCNCC2)s1. The van der Waals surface area contributed by atoms with Crippen LogP contribution in [0.15, 0.2) is 0 Å². The zero-order valence-electron chi connectivity index (χ0n) is 11.1. The number of piperidine rings is 1. The molecule has 1 aromatic heterocycles. The molecule has 2 rings (SSSR count). The second-order valence-corrected chi connectivity index (χ2v) is 6.20. The maximum atomic E-state index is 11.9. The van der Waals surface area contributed by atoms with Gasteiger partial charge < -0.3 is 10.6 Å². The van der Waals surface area contributed by atoms with Crippen LogP contribution in [-0.2, 0) is 11.3 Å². The molecule has 18 heavy (non-hydrogen) atoms. The summed E-state index contributed by atoms with van der Waals surface area (Å²) < 4.78 is 0. The Kier molecular flexibility index (Phi) is 4.72. The minimum absolute atomic E-state index is 0.173. The van der Waals surface area contributed by atoms with Gasteiger partial charge in [0, 0.05) is 11.3 Å². The molecule has 0 bridgehead atoms. The summed E-state index contributed by atoms with van der Waals surface area (Å²) in [5.41, 5.74) is 1.04. The van der Waals surface area contributed by atoms with Crippen LogP contribution in [0.4, 0.5) is 0 Å². The first-order valence-corrected chi connectivity index (χ1v) is 7.37. The lowest BCUT2D eigenvalue weighted by molar-refractivity contribution is -0.122. The highest BCUT2D eigenvalue weighted by Gasteiger charge is 2.16. The molecule has 5 heteroatoms. The van der Waals surface area contributed by atoms with Gasteiger partial charge >= 0.3 is 0 Å². The number of rotatable bonds is 4. The van der Waals surface area contributed by atoms with E-state index >= 15 is 0 Å². The predicted molar refractivity (Wildman–Crippen MR) is 73.6 cm³/mol. The number of amides is 1. The van der Waals surface area contributed by atoms with Crippen molar-refractivity contribution in [3.05, 3.63) is 15.6 Å². The number of hydrogen-bond donors (Lipinski definition) is 2. The number of thiazole rings is 1. The summed E-state index contributed by atoms with van der Waals surface area (Å²) in [4.78, 5) is 17.4. The molecular weight excluding hydrogens is 246 g/mol. The lowest BCUT2D eigenvalue weighted by Gasteiger charge is -2.21. The van der Waals surface area contributed by atoms with Crippen molar-refractivity contribution in [2.24, 2.45) is 5.92 Å². The quantitative estimate of drug-likeness (QED) is 0.874. The Balaban J connectivity index is 1.75. The number of hydrogen-bond acceptors (Lipinski definition) is 4. The highest BCUT2D eigenvalue weighted by atomic mass is 32.1. The van der Waals surface area contributed by atoms with Crippen LogP contribution in [0.2, 0.25) is 0 Å². The average Bonchev–Trinajstić information content (AvgIpc) is 2.66. The van der Waals surface area contributed by atoms with E-state index in [1.54, 1.807) is 11.3 Å². The van der Waals surface area contributed by atoms with Gasteiger partial charge in [0.25, 0.3) is 0 Å². The molecule has 0 saturated carbocycles. The van der Waals surface area contributed by atoms with Gasteiger partial charge in [-0.2, -0.15) is 0 Å². The van der Waals surface area contributed by atoms with Crippen LogP contribution in [0.25, 0.3) is 0 Å². The summed E-state index contributed by atoms with van der Waals surface area (Å²) in [6.45, 7) is 6.72. The summed E-state index contributed by atoms with van der Waals surface area (Å²) >= 11 is 1.67. The molecule has 1 aliphatic heterocycles. The number of aryl methyl sites for hydroxylation is 2. The highest BCUT2D eigenvalue weighted by molar-refractivity contribution is 7.11. The minimum atomic E-state index is 0.173. The second kappa shape index (κ2) is 6.29. The Bertz CT molecular complexity index is 410. The van der Waals surface area contributed by atoms with E-state index in [1.807, 2.05) is 13.8 Å². The van der Waals surface area contributed by atoms with E-state index in [1.165, 1.54) is 4.88 Å². The maximum Gasteiger partial charge on any atom is 0.220 e. The zero-order valence-corrected chi connectivity index (χ0v) is 11.9. The molecule has 0 spiro atoms. The lowest BCUT2D eigenvalue weighted by Crippen LogP contribution is -2.32. The topological polar surface area (TPSA) is 54.0 Å². The fourth-order valence-electron chi connectivity index (χ4n) is 2.34. The summed E-state index contributed by atoms with van der Waals surface area (Å²) in [6, 6.07) is 0. The summed E-state index contributed by atoms with van der Waals surface area (Å²) in [5, 5.41) is 7.39. The van der Waals surface area contributed by atoms with Crippen LogP contribution in [-0.4, -0.2) is 24.0 Å². The molecule has 1 saturated heterocycles. The Hall–Kier alpha value is -0.940. The van der Waals surface area contributed by atoms with Crippen LogP contribution in [0.5, 0.6) is 0 Å². The third kappa shape index (κ3) is 3.78. The van der Waals surface area contributed by atoms with Crippen molar-refractivity contribution < 1.29 is 4.79 Å².